The van der Waals surface area contributed by atoms with Gasteiger partial charge in [0.05, 0.1) is 6.61 Å². The maximum atomic E-state index is 12.8. The molecular weight excluding hydrogens is 813 g/mol. The first-order chi connectivity index (χ1) is 32.6. The lowest BCUT2D eigenvalue weighted by Gasteiger charge is -2.18. The second-order valence-electron chi connectivity index (χ2n) is 18.1. The Morgan fingerprint density at radius 3 is 1.12 bits per heavy atom. The zero-order chi connectivity index (χ0) is 47.7. The molecule has 1 atom stereocenters. The van der Waals surface area contributed by atoms with Crippen LogP contribution in [0.1, 0.15) is 252 Å². The highest BCUT2D eigenvalue weighted by molar-refractivity contribution is 5.70. The van der Waals surface area contributed by atoms with Crippen LogP contribution in [0.15, 0.2) is 97.2 Å². The highest BCUT2D eigenvalue weighted by atomic mass is 16.6. The molecule has 0 amide bonds. The SMILES string of the molecule is CC/C=C\C/C=C\C/C=C\C/C=C\CCCCCCCOCC(COC(=O)CCCCCCCCCCC/C=C\CCCCCCCC)OC(=O)CCCCC/C=C\C/C=C\C/C=C\CC. The summed E-state index contributed by atoms with van der Waals surface area (Å²) in [5.41, 5.74) is 0. The van der Waals surface area contributed by atoms with E-state index in [0.717, 1.165) is 103 Å². The number of hydrogen-bond acceptors (Lipinski definition) is 5. The largest absolute Gasteiger partial charge is 0.462 e. The quantitative estimate of drug-likeness (QED) is 0.0346. The summed E-state index contributed by atoms with van der Waals surface area (Å²) in [6.07, 6.45) is 75.7. The number of carbonyl (C=O) groups is 2. The molecule has 0 fully saturated rings. The van der Waals surface area contributed by atoms with Crippen molar-refractivity contribution in [2.75, 3.05) is 19.8 Å². The van der Waals surface area contributed by atoms with Crippen molar-refractivity contribution in [2.24, 2.45) is 0 Å². The van der Waals surface area contributed by atoms with Crippen LogP contribution < -0.4 is 0 Å². The molecule has 1 unspecified atom stereocenters. The summed E-state index contributed by atoms with van der Waals surface area (Å²) >= 11 is 0. The molecule has 0 radical (unpaired) electrons. The molecule has 378 valence electrons. The Balaban J connectivity index is 4.32. The molecule has 0 N–H and O–H groups in total. The van der Waals surface area contributed by atoms with E-state index in [2.05, 4.69) is 118 Å². The first-order valence-electron chi connectivity index (χ1n) is 27.8. The molecule has 0 aliphatic rings. The Kier molecular flexibility index (Phi) is 53.4. The van der Waals surface area contributed by atoms with Crippen LogP contribution in [0, 0.1) is 0 Å². The second kappa shape index (κ2) is 56.1. The Hall–Kier alpha value is -3.18. The molecule has 0 aliphatic carbocycles. The third kappa shape index (κ3) is 53.4. The zero-order valence-electron chi connectivity index (χ0n) is 43.4. The third-order valence-corrected chi connectivity index (χ3v) is 11.6. The summed E-state index contributed by atoms with van der Waals surface area (Å²) < 4.78 is 17.4. The summed E-state index contributed by atoms with van der Waals surface area (Å²) in [4.78, 5) is 25.5. The van der Waals surface area contributed by atoms with E-state index < -0.39 is 6.10 Å². The molecule has 5 heteroatoms. The molecule has 0 bridgehead atoms. The normalized spacial score (nSPS) is 13.0. The van der Waals surface area contributed by atoms with Gasteiger partial charge >= 0.3 is 11.9 Å². The van der Waals surface area contributed by atoms with Crippen molar-refractivity contribution in [1.82, 2.24) is 0 Å². The van der Waals surface area contributed by atoms with Gasteiger partial charge in [-0.1, -0.05) is 221 Å². The number of carbonyl (C=O) groups excluding carboxylic acids is 2. The van der Waals surface area contributed by atoms with Gasteiger partial charge in [-0.05, 0) is 116 Å². The van der Waals surface area contributed by atoms with E-state index in [1.54, 1.807) is 0 Å². The molecule has 0 aromatic heterocycles. The number of esters is 2. The number of ether oxygens (including phenoxy) is 3. The minimum Gasteiger partial charge on any atom is -0.462 e. The molecule has 0 aromatic rings. The molecule has 0 rings (SSSR count). The van der Waals surface area contributed by atoms with E-state index in [9.17, 15) is 9.59 Å². The first-order valence-corrected chi connectivity index (χ1v) is 27.8. The molecular formula is C61H104O5. The maximum Gasteiger partial charge on any atom is 0.306 e. The van der Waals surface area contributed by atoms with Gasteiger partial charge in [-0.2, -0.15) is 0 Å². The van der Waals surface area contributed by atoms with Crippen LogP contribution in [0.5, 0.6) is 0 Å². The van der Waals surface area contributed by atoms with Crippen LogP contribution in [-0.4, -0.2) is 37.9 Å². The van der Waals surface area contributed by atoms with Gasteiger partial charge in [0.1, 0.15) is 6.61 Å². The fourth-order valence-electron chi connectivity index (χ4n) is 7.51. The predicted octanol–water partition coefficient (Wildman–Crippen LogP) is 19.0. The van der Waals surface area contributed by atoms with Crippen LogP contribution in [-0.2, 0) is 23.8 Å². The summed E-state index contributed by atoms with van der Waals surface area (Å²) in [7, 11) is 0. The summed E-state index contributed by atoms with van der Waals surface area (Å²) in [6, 6.07) is 0. The topological polar surface area (TPSA) is 61.8 Å². The highest BCUT2D eigenvalue weighted by Gasteiger charge is 2.17. The van der Waals surface area contributed by atoms with E-state index in [-0.39, 0.29) is 25.2 Å². The molecule has 0 aromatic carbocycles. The summed E-state index contributed by atoms with van der Waals surface area (Å²) in [5.74, 6) is -0.444. The van der Waals surface area contributed by atoms with E-state index >= 15 is 0 Å². The van der Waals surface area contributed by atoms with Gasteiger partial charge < -0.3 is 14.2 Å². The minimum absolute atomic E-state index is 0.0604. The van der Waals surface area contributed by atoms with Gasteiger partial charge in [0.2, 0.25) is 0 Å². The highest BCUT2D eigenvalue weighted by Crippen LogP contribution is 2.14. The lowest BCUT2D eigenvalue weighted by Crippen LogP contribution is -2.30. The van der Waals surface area contributed by atoms with Gasteiger partial charge in [-0.25, -0.2) is 0 Å². The van der Waals surface area contributed by atoms with Gasteiger partial charge in [0, 0.05) is 19.4 Å². The van der Waals surface area contributed by atoms with Crippen molar-refractivity contribution in [3.05, 3.63) is 97.2 Å². The fourth-order valence-corrected chi connectivity index (χ4v) is 7.51. The van der Waals surface area contributed by atoms with Crippen molar-refractivity contribution < 1.29 is 23.8 Å². The molecule has 5 nitrogen and oxygen atoms in total. The van der Waals surface area contributed by atoms with E-state index in [1.807, 2.05) is 0 Å². The van der Waals surface area contributed by atoms with Gasteiger partial charge in [0.15, 0.2) is 6.10 Å². The van der Waals surface area contributed by atoms with Crippen molar-refractivity contribution in [3.8, 4) is 0 Å². The second-order valence-corrected chi connectivity index (χ2v) is 18.1. The first kappa shape index (κ1) is 62.8. The molecule has 0 saturated carbocycles. The van der Waals surface area contributed by atoms with E-state index in [4.69, 9.17) is 14.2 Å². The molecule has 0 saturated heterocycles. The van der Waals surface area contributed by atoms with Gasteiger partial charge in [-0.3, -0.25) is 9.59 Å². The Morgan fingerprint density at radius 1 is 0.348 bits per heavy atom. The van der Waals surface area contributed by atoms with Crippen molar-refractivity contribution in [2.45, 2.75) is 258 Å². The average molecular weight is 917 g/mol. The van der Waals surface area contributed by atoms with Crippen LogP contribution in [0.3, 0.4) is 0 Å². The number of unbranched alkanes of at least 4 members (excludes halogenated alkanes) is 23. The average Bonchev–Trinajstić information content (AvgIpc) is 3.32. The van der Waals surface area contributed by atoms with E-state index in [1.165, 1.54) is 116 Å². The predicted molar refractivity (Wildman–Crippen MR) is 288 cm³/mol. The van der Waals surface area contributed by atoms with Crippen LogP contribution in [0.2, 0.25) is 0 Å². The van der Waals surface area contributed by atoms with Crippen LogP contribution in [0.25, 0.3) is 0 Å². The number of rotatable bonds is 50. The molecule has 0 heterocycles. The maximum absolute atomic E-state index is 12.8. The Morgan fingerprint density at radius 2 is 0.682 bits per heavy atom. The molecule has 66 heavy (non-hydrogen) atoms. The molecule has 0 aliphatic heterocycles. The van der Waals surface area contributed by atoms with Crippen molar-refractivity contribution in [3.63, 3.8) is 0 Å². The van der Waals surface area contributed by atoms with Crippen LogP contribution >= 0.6 is 0 Å². The monoisotopic (exact) mass is 917 g/mol. The van der Waals surface area contributed by atoms with Crippen LogP contribution in [0.4, 0.5) is 0 Å². The third-order valence-electron chi connectivity index (χ3n) is 11.6. The minimum atomic E-state index is -0.567. The lowest BCUT2D eigenvalue weighted by atomic mass is 10.1. The van der Waals surface area contributed by atoms with Gasteiger partial charge in [0.25, 0.3) is 0 Å². The fraction of sp³-hybridized carbons (Fsp3) is 0.705. The molecule has 0 spiro atoms. The lowest BCUT2D eigenvalue weighted by molar-refractivity contribution is -0.163. The smallest absolute Gasteiger partial charge is 0.306 e. The van der Waals surface area contributed by atoms with Crippen molar-refractivity contribution >= 4 is 11.9 Å². The summed E-state index contributed by atoms with van der Waals surface area (Å²) in [5, 5.41) is 0. The van der Waals surface area contributed by atoms with Gasteiger partial charge in [-0.15, -0.1) is 0 Å². The zero-order valence-corrected chi connectivity index (χ0v) is 43.4. The van der Waals surface area contributed by atoms with Crippen molar-refractivity contribution in [1.29, 1.82) is 0 Å². The standard InChI is InChI=1S/C61H104O5/c1-4-7-10-13-16-19-22-25-27-29-31-32-34-37-39-42-45-48-51-54-60(62)65-58-59(66-61(63)55-52-49-46-43-40-36-24-21-18-15-12-9-6-3)57-64-56-53-50-47-44-41-38-35-33-30-28-26-23-20-17-14-11-8-5-2/h8-9,11-12,17-18,20-21,25-28,33,35-36,40,59H,4-7,10,13-16,19,22-24,29-32,34,37-39,41-58H2,1-3H3/b11-8-,12-9-,20-17-,21-18-,27-25-,28-26-,35-33-,40-36-. The van der Waals surface area contributed by atoms with E-state index in [0.29, 0.717) is 19.4 Å². The Labute approximate surface area is 409 Å². The summed E-state index contributed by atoms with van der Waals surface area (Å²) in [6.45, 7) is 7.53. The number of hydrogen-bond donors (Lipinski definition) is 0. The Bertz CT molecular complexity index is 1270. The number of allylic oxidation sites excluding steroid dienone is 16.